The molecule has 1 amide bonds. The van der Waals surface area contributed by atoms with Crippen molar-refractivity contribution >= 4 is 5.91 Å². The van der Waals surface area contributed by atoms with Gasteiger partial charge < -0.3 is 15.5 Å². The second-order valence-electron chi connectivity index (χ2n) is 6.74. The average Bonchev–Trinajstić information content (AvgIpc) is 3.23. The number of benzene rings is 2. The standard InChI is InChI=1S/C23H20N4O3/c28-20-9-8-16(13-21(20)29)10-12-25-23(30)19-15-27(18-6-2-1-3-7-18)26-22(19)17-5-4-11-24-14-17/h1-9,11,13-15,28-29H,10,12H2,(H,25,30). The molecule has 3 N–H and O–H groups in total. The van der Waals surface area contributed by atoms with Crippen molar-refractivity contribution in [1.82, 2.24) is 20.1 Å². The van der Waals surface area contributed by atoms with Gasteiger partial charge in [0.15, 0.2) is 11.5 Å². The van der Waals surface area contributed by atoms with Crippen LogP contribution in [-0.4, -0.2) is 37.4 Å². The molecule has 0 bridgehead atoms. The van der Waals surface area contributed by atoms with E-state index in [1.165, 1.54) is 12.1 Å². The molecule has 2 aromatic heterocycles. The topological polar surface area (TPSA) is 100 Å². The summed E-state index contributed by atoms with van der Waals surface area (Å²) in [6.45, 7) is 0.367. The van der Waals surface area contributed by atoms with Crippen LogP contribution in [0.5, 0.6) is 11.5 Å². The minimum atomic E-state index is -0.251. The number of amides is 1. The molecule has 0 spiro atoms. The molecular weight excluding hydrogens is 380 g/mol. The molecule has 0 radical (unpaired) electrons. The van der Waals surface area contributed by atoms with Gasteiger partial charge in [-0.2, -0.15) is 5.10 Å². The maximum Gasteiger partial charge on any atom is 0.255 e. The Morgan fingerprint density at radius 2 is 1.83 bits per heavy atom. The summed E-state index contributed by atoms with van der Waals surface area (Å²) in [4.78, 5) is 17.1. The van der Waals surface area contributed by atoms with E-state index < -0.39 is 0 Å². The minimum Gasteiger partial charge on any atom is -0.504 e. The molecule has 150 valence electrons. The van der Waals surface area contributed by atoms with E-state index in [4.69, 9.17) is 0 Å². The van der Waals surface area contributed by atoms with Gasteiger partial charge in [0.05, 0.1) is 11.3 Å². The first-order valence-corrected chi connectivity index (χ1v) is 9.46. The maximum absolute atomic E-state index is 12.9. The predicted molar refractivity (Wildman–Crippen MR) is 113 cm³/mol. The van der Waals surface area contributed by atoms with Crippen molar-refractivity contribution in [2.24, 2.45) is 0 Å². The number of para-hydroxylation sites is 1. The summed E-state index contributed by atoms with van der Waals surface area (Å²) in [6, 6.07) is 17.8. The van der Waals surface area contributed by atoms with Crippen LogP contribution in [0.2, 0.25) is 0 Å². The summed E-state index contributed by atoms with van der Waals surface area (Å²) in [7, 11) is 0. The highest BCUT2D eigenvalue weighted by Crippen LogP contribution is 2.25. The van der Waals surface area contributed by atoms with Gasteiger partial charge in [-0.25, -0.2) is 4.68 Å². The van der Waals surface area contributed by atoms with Crippen LogP contribution in [0.3, 0.4) is 0 Å². The van der Waals surface area contributed by atoms with E-state index in [1.807, 2.05) is 36.4 Å². The highest BCUT2D eigenvalue weighted by atomic mass is 16.3. The number of carbonyl (C=O) groups is 1. The number of phenolic OH excluding ortho intramolecular Hbond substituents is 2. The smallest absolute Gasteiger partial charge is 0.255 e. The van der Waals surface area contributed by atoms with Crippen LogP contribution in [0.4, 0.5) is 0 Å². The third-order valence-electron chi connectivity index (χ3n) is 4.65. The van der Waals surface area contributed by atoms with E-state index in [2.05, 4.69) is 15.4 Å². The number of nitrogens with one attached hydrogen (secondary N) is 1. The summed E-state index contributed by atoms with van der Waals surface area (Å²) in [6.07, 6.45) is 5.56. The number of nitrogens with zero attached hydrogens (tertiary/aromatic N) is 3. The first-order valence-electron chi connectivity index (χ1n) is 9.46. The number of rotatable bonds is 6. The molecule has 0 saturated heterocycles. The molecule has 0 aliphatic carbocycles. The minimum absolute atomic E-state index is 0.169. The van der Waals surface area contributed by atoms with Gasteiger partial charge in [-0.15, -0.1) is 0 Å². The zero-order valence-corrected chi connectivity index (χ0v) is 16.1. The lowest BCUT2D eigenvalue weighted by molar-refractivity contribution is 0.0954. The Morgan fingerprint density at radius 3 is 2.57 bits per heavy atom. The quantitative estimate of drug-likeness (QED) is 0.431. The van der Waals surface area contributed by atoms with Gasteiger partial charge in [-0.1, -0.05) is 24.3 Å². The molecule has 2 heterocycles. The number of aromatic hydroxyl groups is 2. The zero-order chi connectivity index (χ0) is 20.9. The van der Waals surface area contributed by atoms with Crippen LogP contribution in [0.15, 0.2) is 79.3 Å². The molecule has 0 aliphatic heterocycles. The maximum atomic E-state index is 12.9. The monoisotopic (exact) mass is 400 g/mol. The molecule has 4 rings (SSSR count). The van der Waals surface area contributed by atoms with Gasteiger partial charge in [-0.3, -0.25) is 9.78 Å². The molecule has 7 nitrogen and oxygen atoms in total. The molecule has 0 saturated carbocycles. The summed E-state index contributed by atoms with van der Waals surface area (Å²) in [5.41, 5.74) is 3.40. The third kappa shape index (κ3) is 4.15. The Labute approximate surface area is 173 Å². The molecule has 0 atom stereocenters. The Bertz CT molecular complexity index is 1160. The SMILES string of the molecule is O=C(NCCc1ccc(O)c(O)c1)c1cn(-c2ccccc2)nc1-c1cccnc1. The zero-order valence-electron chi connectivity index (χ0n) is 16.1. The summed E-state index contributed by atoms with van der Waals surface area (Å²) >= 11 is 0. The summed E-state index contributed by atoms with van der Waals surface area (Å²) in [5, 5.41) is 26.5. The van der Waals surface area contributed by atoms with Crippen molar-refractivity contribution in [3.63, 3.8) is 0 Å². The van der Waals surface area contributed by atoms with Gasteiger partial charge >= 0.3 is 0 Å². The normalized spacial score (nSPS) is 10.7. The van der Waals surface area contributed by atoms with Crippen LogP contribution in [-0.2, 0) is 6.42 Å². The molecule has 2 aromatic carbocycles. The molecule has 7 heteroatoms. The third-order valence-corrected chi connectivity index (χ3v) is 4.65. The molecular formula is C23H20N4O3. The van der Waals surface area contributed by atoms with E-state index in [0.717, 1.165) is 16.8 Å². The second-order valence-corrected chi connectivity index (χ2v) is 6.74. The Balaban J connectivity index is 1.56. The Hall–Kier alpha value is -4.13. The van der Waals surface area contributed by atoms with E-state index in [-0.39, 0.29) is 17.4 Å². The van der Waals surface area contributed by atoms with E-state index in [0.29, 0.717) is 24.2 Å². The lowest BCUT2D eigenvalue weighted by Gasteiger charge is -2.06. The van der Waals surface area contributed by atoms with Crippen LogP contribution in [0.1, 0.15) is 15.9 Å². The number of hydrogen-bond donors (Lipinski definition) is 3. The van der Waals surface area contributed by atoms with Gasteiger partial charge in [0.1, 0.15) is 5.69 Å². The Kier molecular flexibility index (Phi) is 5.43. The fourth-order valence-corrected chi connectivity index (χ4v) is 3.11. The number of hydrogen-bond acceptors (Lipinski definition) is 5. The van der Waals surface area contributed by atoms with Crippen molar-refractivity contribution in [1.29, 1.82) is 0 Å². The van der Waals surface area contributed by atoms with E-state index >= 15 is 0 Å². The fraction of sp³-hybridized carbons (Fsp3) is 0.0870. The van der Waals surface area contributed by atoms with Crippen molar-refractivity contribution < 1.29 is 15.0 Å². The lowest BCUT2D eigenvalue weighted by Crippen LogP contribution is -2.25. The number of pyridine rings is 1. The number of aromatic nitrogens is 3. The van der Waals surface area contributed by atoms with Crippen LogP contribution in [0.25, 0.3) is 16.9 Å². The van der Waals surface area contributed by atoms with Crippen molar-refractivity contribution in [2.75, 3.05) is 6.54 Å². The van der Waals surface area contributed by atoms with Crippen LogP contribution in [0, 0.1) is 0 Å². The second kappa shape index (κ2) is 8.48. The fourth-order valence-electron chi connectivity index (χ4n) is 3.11. The molecule has 30 heavy (non-hydrogen) atoms. The van der Waals surface area contributed by atoms with E-state index in [1.54, 1.807) is 35.4 Å². The van der Waals surface area contributed by atoms with Gasteiger partial charge in [0, 0.05) is 30.7 Å². The molecule has 0 fully saturated rings. The van der Waals surface area contributed by atoms with Crippen molar-refractivity contribution in [3.05, 3.63) is 90.4 Å². The number of phenols is 2. The molecule has 0 unspecified atom stereocenters. The van der Waals surface area contributed by atoms with Crippen LogP contribution >= 0.6 is 0 Å². The highest BCUT2D eigenvalue weighted by molar-refractivity contribution is 5.99. The summed E-state index contributed by atoms with van der Waals surface area (Å²) < 4.78 is 1.68. The predicted octanol–water partition coefficient (Wildman–Crippen LogP) is 3.32. The highest BCUT2D eigenvalue weighted by Gasteiger charge is 2.18. The van der Waals surface area contributed by atoms with Crippen LogP contribution < -0.4 is 5.32 Å². The van der Waals surface area contributed by atoms with Crippen molar-refractivity contribution in [3.8, 4) is 28.4 Å². The van der Waals surface area contributed by atoms with Gasteiger partial charge in [-0.05, 0) is 48.4 Å². The largest absolute Gasteiger partial charge is 0.504 e. The Morgan fingerprint density at radius 1 is 1.00 bits per heavy atom. The first kappa shape index (κ1) is 19.2. The molecule has 4 aromatic rings. The number of carbonyl (C=O) groups excluding carboxylic acids is 1. The van der Waals surface area contributed by atoms with Gasteiger partial charge in [0.25, 0.3) is 5.91 Å². The lowest BCUT2D eigenvalue weighted by atomic mass is 10.1. The summed E-state index contributed by atoms with van der Waals surface area (Å²) in [5.74, 6) is -0.599. The first-order chi connectivity index (χ1) is 14.6. The van der Waals surface area contributed by atoms with E-state index in [9.17, 15) is 15.0 Å². The van der Waals surface area contributed by atoms with Crippen molar-refractivity contribution in [2.45, 2.75) is 6.42 Å². The van der Waals surface area contributed by atoms with Gasteiger partial charge in [0.2, 0.25) is 0 Å². The molecule has 0 aliphatic rings. The average molecular weight is 400 g/mol.